The summed E-state index contributed by atoms with van der Waals surface area (Å²) in [6, 6.07) is -21.2. The molecule has 2 saturated heterocycles. The van der Waals surface area contributed by atoms with E-state index in [-0.39, 0.29) is 25.2 Å². The molecule has 21 N–H and O–H groups in total. The first kappa shape index (κ1) is 89.4. The van der Waals surface area contributed by atoms with E-state index in [1.54, 1.807) is 34.6 Å². The third-order valence-corrected chi connectivity index (χ3v) is 18.0. The van der Waals surface area contributed by atoms with E-state index in [1.165, 1.54) is 41.5 Å². The van der Waals surface area contributed by atoms with Crippen LogP contribution >= 0.6 is 0 Å². The zero-order chi connectivity index (χ0) is 77.2. The van der Waals surface area contributed by atoms with Gasteiger partial charge in [0.05, 0.1) is 30.5 Å². The highest BCUT2D eigenvalue weighted by atomic mass is 16.3. The topological polar surface area (TPSA) is 559 Å². The van der Waals surface area contributed by atoms with Gasteiger partial charge in [-0.05, 0) is 69.1 Å². The molecule has 0 bridgehead atoms. The number of aliphatic hydroxyl groups excluding tert-OH is 7. The summed E-state index contributed by atoms with van der Waals surface area (Å²) in [6.45, 7) is 18.3. The van der Waals surface area contributed by atoms with Gasteiger partial charge in [-0.1, -0.05) is 115 Å². The average Bonchev–Trinajstić information content (AvgIpc) is 1.79. The highest BCUT2D eigenvalue weighted by Crippen LogP contribution is 2.23. The summed E-state index contributed by atoms with van der Waals surface area (Å²) in [6.07, 6.45) is -10.0. The minimum absolute atomic E-state index is 0.0704. The van der Waals surface area contributed by atoms with E-state index in [9.17, 15) is 103 Å². The lowest BCUT2D eigenvalue weighted by molar-refractivity contribution is -0.148. The maximum Gasteiger partial charge on any atom is 0.248 e. The molecule has 2 heterocycles. The Morgan fingerprint density at radius 3 is 1.49 bits per heavy atom. The first-order chi connectivity index (χ1) is 47.1. The van der Waals surface area contributed by atoms with E-state index in [0.29, 0.717) is 12.8 Å². The molecular formula is C66H116N14O21. The van der Waals surface area contributed by atoms with E-state index >= 15 is 0 Å². The van der Waals surface area contributed by atoms with E-state index in [4.69, 9.17) is 11.5 Å². The second kappa shape index (κ2) is 42.7. The molecular weight excluding hydrogens is 1320 g/mol. The Morgan fingerprint density at radius 2 is 0.990 bits per heavy atom. The second-order valence-corrected chi connectivity index (χ2v) is 28.1. The number of nitrogens with one attached hydrogen (secondary N) is 10. The summed E-state index contributed by atoms with van der Waals surface area (Å²) >= 11 is 0. The van der Waals surface area contributed by atoms with Crippen LogP contribution in [0.15, 0.2) is 0 Å². The molecule has 35 nitrogen and oxygen atoms in total. The SMILES string of the molecule is CCCCCCC[C@@H]1CC(=O)N[C@@H](C(C)C)C(=O)N[C@H]([C@@H](O)C(C)C)C(=O)N[C@@H](CCO)C(=O)N[C@H]([C@@H](O)C(C)C)C(=O)N[C@@H](CCC(N)=O)C(=O)N(C)[C@@H]([C@@H](C)CC)C(=O)N[C@H]([C@@H](O)C(N)=O)C(=O)N[C@@H]([C@@H](C)O)C(=O)N2C[C@H](O)C[C@H]2C(=O)N[C@H](CC(C)C)C(=O)N[C@@H]([C@@H](C)O)C(=O)N1. The Labute approximate surface area is 590 Å². The highest BCUT2D eigenvalue weighted by molar-refractivity contribution is 6.01. The minimum atomic E-state index is -2.62. The third-order valence-electron chi connectivity index (χ3n) is 18.0. The number of hydrogen-bond donors (Lipinski definition) is 19. The van der Waals surface area contributed by atoms with Crippen LogP contribution in [0.2, 0.25) is 0 Å². The van der Waals surface area contributed by atoms with Gasteiger partial charge in [-0.2, -0.15) is 0 Å². The zero-order valence-corrected chi connectivity index (χ0v) is 60.8. The number of carbonyl (C=O) groups is 14. The van der Waals surface area contributed by atoms with Crippen molar-refractivity contribution < 1.29 is 103 Å². The Morgan fingerprint density at radius 1 is 0.515 bits per heavy atom. The second-order valence-electron chi connectivity index (χ2n) is 28.1. The Bertz CT molecular complexity index is 2830. The fourth-order valence-electron chi connectivity index (χ4n) is 11.7. The van der Waals surface area contributed by atoms with Crippen LogP contribution in [0.1, 0.15) is 173 Å². The van der Waals surface area contributed by atoms with Gasteiger partial charge in [0.25, 0.3) is 0 Å². The van der Waals surface area contributed by atoms with E-state index < -0.39 is 261 Å². The van der Waals surface area contributed by atoms with Gasteiger partial charge in [-0.15, -0.1) is 0 Å². The molecule has 0 aromatic carbocycles. The number of hydrogen-bond acceptors (Lipinski definition) is 21. The quantitative estimate of drug-likeness (QED) is 0.0401. The van der Waals surface area contributed by atoms with Crippen LogP contribution in [0.25, 0.3) is 0 Å². The maximum absolute atomic E-state index is 14.8. The van der Waals surface area contributed by atoms with Crippen molar-refractivity contribution in [1.82, 2.24) is 63.0 Å². The lowest BCUT2D eigenvalue weighted by Crippen LogP contribution is -2.65. The Balaban J connectivity index is 3.05. The van der Waals surface area contributed by atoms with Crippen LogP contribution in [0.5, 0.6) is 0 Å². The van der Waals surface area contributed by atoms with Gasteiger partial charge in [0.2, 0.25) is 82.7 Å². The molecule has 0 spiro atoms. The number of nitrogens with two attached hydrogens (primary N) is 2. The third kappa shape index (κ3) is 27.5. The molecule has 0 aromatic rings. The summed E-state index contributed by atoms with van der Waals surface area (Å²) in [7, 11) is 1.07. The lowest BCUT2D eigenvalue weighted by atomic mass is 9.94. The first-order valence-corrected chi connectivity index (χ1v) is 34.9. The number of rotatable bonds is 24. The van der Waals surface area contributed by atoms with Gasteiger partial charge >= 0.3 is 0 Å². The van der Waals surface area contributed by atoms with Crippen molar-refractivity contribution in [3.05, 3.63) is 0 Å². The maximum atomic E-state index is 14.8. The molecule has 0 unspecified atom stereocenters. The molecule has 0 aromatic heterocycles. The van der Waals surface area contributed by atoms with Gasteiger partial charge in [-0.3, -0.25) is 67.1 Å². The Hall–Kier alpha value is -7.70. The summed E-state index contributed by atoms with van der Waals surface area (Å²) in [5, 5.41) is 102. The van der Waals surface area contributed by atoms with Crippen LogP contribution in [0.4, 0.5) is 0 Å². The molecule has 35 heteroatoms. The predicted octanol–water partition coefficient (Wildman–Crippen LogP) is -5.57. The summed E-state index contributed by atoms with van der Waals surface area (Å²) in [5.41, 5.74) is 11.0. The molecule has 2 rings (SSSR count). The molecule has 0 saturated carbocycles. The van der Waals surface area contributed by atoms with Crippen LogP contribution in [0.3, 0.4) is 0 Å². The first-order valence-electron chi connectivity index (χ1n) is 34.9. The number of likely N-dealkylation sites (N-methyl/N-ethyl adjacent to an activating group) is 1. The van der Waals surface area contributed by atoms with Crippen LogP contribution in [-0.2, 0) is 67.1 Å². The van der Waals surface area contributed by atoms with Gasteiger partial charge in [0.1, 0.15) is 66.5 Å². The number of carbonyl (C=O) groups excluding carboxylic acids is 14. The largest absolute Gasteiger partial charge is 0.396 e. The van der Waals surface area contributed by atoms with Gasteiger partial charge in [0, 0.05) is 45.5 Å². The van der Waals surface area contributed by atoms with Gasteiger partial charge in [-0.25, -0.2) is 0 Å². The number of unbranched alkanes of at least 4 members (excludes halogenated alkanes) is 4. The lowest BCUT2D eigenvalue weighted by Gasteiger charge is -2.36. The fourth-order valence-corrected chi connectivity index (χ4v) is 11.7. The Kier molecular flexibility index (Phi) is 37.8. The summed E-state index contributed by atoms with van der Waals surface area (Å²) < 4.78 is 0. The van der Waals surface area contributed by atoms with Crippen molar-refractivity contribution in [3.63, 3.8) is 0 Å². The molecule has 19 atom stereocenters. The molecule has 576 valence electrons. The van der Waals surface area contributed by atoms with Crippen molar-refractivity contribution in [2.75, 3.05) is 20.2 Å². The smallest absolute Gasteiger partial charge is 0.248 e. The van der Waals surface area contributed by atoms with Gasteiger partial charge in [0.15, 0.2) is 6.10 Å². The van der Waals surface area contributed by atoms with Crippen molar-refractivity contribution in [2.45, 2.75) is 283 Å². The molecule has 0 radical (unpaired) electrons. The van der Waals surface area contributed by atoms with Crippen LogP contribution in [-0.4, -0.2) is 258 Å². The number of primary amides is 2. The number of fused-ring (bicyclic) bond motifs is 1. The average molecular weight is 1440 g/mol. The van der Waals surface area contributed by atoms with Gasteiger partial charge < -0.3 is 110 Å². The van der Waals surface area contributed by atoms with Crippen LogP contribution < -0.4 is 64.6 Å². The molecule has 0 aliphatic carbocycles. The number of amides is 14. The van der Waals surface area contributed by atoms with E-state index in [1.807, 2.05) is 6.92 Å². The van der Waals surface area contributed by atoms with Crippen molar-refractivity contribution in [1.29, 1.82) is 0 Å². The van der Waals surface area contributed by atoms with Crippen molar-refractivity contribution in [3.8, 4) is 0 Å². The normalized spacial score (nSPS) is 28.2. The minimum Gasteiger partial charge on any atom is -0.396 e. The molecule has 2 fully saturated rings. The van der Waals surface area contributed by atoms with E-state index in [2.05, 4.69) is 53.2 Å². The molecule has 2 aliphatic rings. The zero-order valence-electron chi connectivity index (χ0n) is 60.8. The van der Waals surface area contributed by atoms with Crippen molar-refractivity contribution in [2.24, 2.45) is 41.1 Å². The molecule has 14 amide bonds. The summed E-state index contributed by atoms with van der Waals surface area (Å²) in [4.78, 5) is 200. The fraction of sp³-hybridized carbons (Fsp3) is 0.788. The number of nitrogens with zero attached hydrogens (tertiary/aromatic N) is 2. The molecule has 2 aliphatic heterocycles. The summed E-state index contributed by atoms with van der Waals surface area (Å²) in [5.74, 6) is -20.0. The predicted molar refractivity (Wildman–Crippen MR) is 364 cm³/mol. The van der Waals surface area contributed by atoms with E-state index in [0.717, 1.165) is 43.0 Å². The number of aliphatic hydroxyl groups is 7. The van der Waals surface area contributed by atoms with Crippen LogP contribution in [0, 0.1) is 29.6 Å². The standard InChI is InChI=1S/C66H116N14O21/c1-15-17-18-19-20-21-37-27-44(86)73-45(31(5)6)59(94)77-49(53(88)33(9)10)61(96)70-39(24-25-81)56(91)76-48(52(87)32(7)8)62(97)71-40(22-23-43(67)85)65(100)79(14)51(34(11)16-2)64(99)78-50(54(89)55(68)90)63(98)75-47(36(13)83)66(101)80-29-38(84)28-42(80)58(93)72-41(26-30(3)4)57(92)74-46(35(12)82)60(95)69-37/h30-42,45-54,81-84,87-89H,15-29H2,1-14H3,(H2,67,85)(H2,68,90)(H,69,95)(H,70,96)(H,71,97)(H,72,93)(H,73,86)(H,74,92)(H,75,98)(H,76,91)(H,77,94)(H,78,99)/t34-,35+,36+,37+,38+,39-,40-,41+,42-,45-,46-,47-,48+,49+,50+,51-,52-,53-,54+/m0/s1. The molecule has 101 heavy (non-hydrogen) atoms. The highest BCUT2D eigenvalue weighted by Gasteiger charge is 2.47. The monoisotopic (exact) mass is 1440 g/mol. The van der Waals surface area contributed by atoms with Crippen molar-refractivity contribution >= 4 is 82.7 Å².